The highest BCUT2D eigenvalue weighted by Gasteiger charge is 2.21. The standard InChI is InChI=1S/C26H24FN5O2S/c1-14(2)23-29-25(34-31-23)19-7-5-6-15(3)22(19)28-24(33)21-12-20-16(4)30-32(26(20)35-21)13-17-8-10-18(27)11-9-17/h5-12,14H,13H2,1-4H3,(H,28,33). The van der Waals surface area contributed by atoms with E-state index in [9.17, 15) is 9.18 Å². The van der Waals surface area contributed by atoms with Crippen molar-refractivity contribution in [3.8, 4) is 11.5 Å². The van der Waals surface area contributed by atoms with Gasteiger partial charge in [-0.1, -0.05) is 43.3 Å². The van der Waals surface area contributed by atoms with Crippen LogP contribution in [0.3, 0.4) is 0 Å². The zero-order valence-corrected chi connectivity index (χ0v) is 20.6. The van der Waals surface area contributed by atoms with Crippen LogP contribution in [0.15, 0.2) is 53.1 Å². The molecule has 0 fully saturated rings. The minimum absolute atomic E-state index is 0.131. The maximum atomic E-state index is 13.3. The van der Waals surface area contributed by atoms with Gasteiger partial charge in [0.15, 0.2) is 5.82 Å². The first-order chi connectivity index (χ1) is 16.8. The Kier molecular flexibility index (Phi) is 5.94. The summed E-state index contributed by atoms with van der Waals surface area (Å²) in [5, 5.41) is 12.6. The van der Waals surface area contributed by atoms with E-state index in [1.54, 1.807) is 12.1 Å². The summed E-state index contributed by atoms with van der Waals surface area (Å²) in [5.41, 5.74) is 3.97. The number of halogens is 1. The molecule has 0 atom stereocenters. The van der Waals surface area contributed by atoms with Gasteiger partial charge in [-0.05, 0) is 49.2 Å². The van der Waals surface area contributed by atoms with Crippen molar-refractivity contribution < 1.29 is 13.7 Å². The fourth-order valence-corrected chi connectivity index (χ4v) is 4.92. The molecule has 2 aromatic carbocycles. The van der Waals surface area contributed by atoms with Crippen LogP contribution in [0, 0.1) is 19.7 Å². The number of hydrogen-bond donors (Lipinski definition) is 1. The van der Waals surface area contributed by atoms with E-state index in [4.69, 9.17) is 4.52 Å². The average Bonchev–Trinajstić information content (AvgIpc) is 3.54. The predicted octanol–water partition coefficient (Wildman–Crippen LogP) is 6.33. The van der Waals surface area contributed by atoms with Crippen LogP contribution in [0.1, 0.15) is 52.1 Å². The number of fused-ring (bicyclic) bond motifs is 1. The topological polar surface area (TPSA) is 85.8 Å². The number of nitrogens with zero attached hydrogens (tertiary/aromatic N) is 4. The number of nitrogens with one attached hydrogen (secondary N) is 1. The third-order valence-electron chi connectivity index (χ3n) is 5.78. The fourth-order valence-electron chi connectivity index (χ4n) is 3.86. The Balaban J connectivity index is 1.45. The van der Waals surface area contributed by atoms with E-state index in [-0.39, 0.29) is 17.6 Å². The van der Waals surface area contributed by atoms with Crippen LogP contribution in [-0.2, 0) is 6.54 Å². The van der Waals surface area contributed by atoms with Crippen molar-refractivity contribution in [2.45, 2.75) is 40.2 Å². The number of carbonyl (C=O) groups is 1. The van der Waals surface area contributed by atoms with E-state index >= 15 is 0 Å². The third-order valence-corrected chi connectivity index (χ3v) is 6.92. The first-order valence-corrected chi connectivity index (χ1v) is 12.1. The molecule has 7 nitrogen and oxygen atoms in total. The van der Waals surface area contributed by atoms with Gasteiger partial charge in [0.25, 0.3) is 11.8 Å². The van der Waals surface area contributed by atoms with Crippen LogP contribution in [0.5, 0.6) is 0 Å². The zero-order valence-electron chi connectivity index (χ0n) is 19.8. The van der Waals surface area contributed by atoms with Crippen molar-refractivity contribution in [3.63, 3.8) is 0 Å². The smallest absolute Gasteiger partial charge is 0.265 e. The molecule has 1 amide bonds. The molecule has 3 aromatic heterocycles. The third kappa shape index (κ3) is 4.46. The molecule has 0 spiro atoms. The van der Waals surface area contributed by atoms with Gasteiger partial charge < -0.3 is 9.84 Å². The molecule has 0 aliphatic rings. The Morgan fingerprint density at radius 1 is 1.17 bits per heavy atom. The van der Waals surface area contributed by atoms with Gasteiger partial charge in [-0.15, -0.1) is 11.3 Å². The highest BCUT2D eigenvalue weighted by molar-refractivity contribution is 7.20. The van der Waals surface area contributed by atoms with E-state index in [1.807, 2.05) is 56.6 Å². The van der Waals surface area contributed by atoms with Crippen molar-refractivity contribution in [1.29, 1.82) is 0 Å². The number of rotatable bonds is 6. The number of thiophene rings is 1. The van der Waals surface area contributed by atoms with Crippen molar-refractivity contribution in [2.24, 2.45) is 0 Å². The molecule has 9 heteroatoms. The Hall–Kier alpha value is -3.85. The second kappa shape index (κ2) is 9.07. The van der Waals surface area contributed by atoms with Gasteiger partial charge in [-0.25, -0.2) is 4.39 Å². The normalized spacial score (nSPS) is 11.5. The van der Waals surface area contributed by atoms with E-state index < -0.39 is 0 Å². The highest BCUT2D eigenvalue weighted by atomic mass is 32.1. The van der Waals surface area contributed by atoms with Crippen molar-refractivity contribution in [2.75, 3.05) is 5.32 Å². The molecule has 5 rings (SSSR count). The van der Waals surface area contributed by atoms with Crippen LogP contribution in [-0.4, -0.2) is 25.8 Å². The maximum absolute atomic E-state index is 13.3. The fraction of sp³-hybridized carbons (Fsp3) is 0.231. The summed E-state index contributed by atoms with van der Waals surface area (Å²) in [6.07, 6.45) is 0. The molecular formula is C26H24FN5O2S. The predicted molar refractivity (Wildman–Crippen MR) is 134 cm³/mol. The highest BCUT2D eigenvalue weighted by Crippen LogP contribution is 2.33. The van der Waals surface area contributed by atoms with E-state index in [0.29, 0.717) is 34.4 Å². The van der Waals surface area contributed by atoms with E-state index in [1.165, 1.54) is 23.5 Å². The number of aryl methyl sites for hydroxylation is 2. The Labute approximate surface area is 205 Å². The molecular weight excluding hydrogens is 465 g/mol. The molecule has 0 bridgehead atoms. The van der Waals surface area contributed by atoms with Crippen LogP contribution in [0.25, 0.3) is 21.7 Å². The molecule has 5 aromatic rings. The summed E-state index contributed by atoms with van der Waals surface area (Å²) < 4.78 is 20.6. The van der Waals surface area contributed by atoms with Crippen LogP contribution < -0.4 is 5.32 Å². The maximum Gasteiger partial charge on any atom is 0.265 e. The largest absolute Gasteiger partial charge is 0.334 e. The van der Waals surface area contributed by atoms with Crippen molar-refractivity contribution in [3.05, 3.63) is 81.9 Å². The number of hydrogen-bond acceptors (Lipinski definition) is 6. The Morgan fingerprint density at radius 3 is 2.66 bits per heavy atom. The monoisotopic (exact) mass is 489 g/mol. The summed E-state index contributed by atoms with van der Waals surface area (Å²) in [7, 11) is 0. The summed E-state index contributed by atoms with van der Waals surface area (Å²) in [6, 6.07) is 13.9. The average molecular weight is 490 g/mol. The summed E-state index contributed by atoms with van der Waals surface area (Å²) >= 11 is 1.37. The molecule has 1 N–H and O–H groups in total. The van der Waals surface area contributed by atoms with Gasteiger partial charge in [0.2, 0.25) is 0 Å². The van der Waals surface area contributed by atoms with Crippen LogP contribution in [0.4, 0.5) is 10.1 Å². The Bertz CT molecular complexity index is 1530. The number of benzene rings is 2. The molecule has 35 heavy (non-hydrogen) atoms. The van der Waals surface area contributed by atoms with Crippen molar-refractivity contribution in [1.82, 2.24) is 19.9 Å². The molecule has 3 heterocycles. The minimum atomic E-state index is -0.276. The molecule has 0 aliphatic carbocycles. The zero-order chi connectivity index (χ0) is 24.7. The lowest BCUT2D eigenvalue weighted by Crippen LogP contribution is -2.12. The second-order valence-corrected chi connectivity index (χ2v) is 9.79. The molecule has 0 unspecified atom stereocenters. The summed E-state index contributed by atoms with van der Waals surface area (Å²) in [5.74, 6) is 0.617. The molecule has 178 valence electrons. The summed E-state index contributed by atoms with van der Waals surface area (Å²) in [4.78, 5) is 19.3. The van der Waals surface area contributed by atoms with E-state index in [2.05, 4.69) is 20.6 Å². The Morgan fingerprint density at radius 2 is 1.94 bits per heavy atom. The van der Waals surface area contributed by atoms with Gasteiger partial charge in [0.05, 0.1) is 28.4 Å². The SMILES string of the molecule is Cc1cccc(-c2nc(C(C)C)no2)c1NC(=O)c1cc2c(C)nn(Cc3ccc(F)cc3)c2s1. The van der Waals surface area contributed by atoms with Gasteiger partial charge in [0.1, 0.15) is 10.6 Å². The molecule has 0 saturated carbocycles. The lowest BCUT2D eigenvalue weighted by molar-refractivity contribution is 0.103. The van der Waals surface area contributed by atoms with Gasteiger partial charge in [0, 0.05) is 11.3 Å². The molecule has 0 radical (unpaired) electrons. The number of amides is 1. The quantitative estimate of drug-likeness (QED) is 0.301. The number of anilines is 1. The number of aromatic nitrogens is 4. The van der Waals surface area contributed by atoms with E-state index in [0.717, 1.165) is 27.0 Å². The first kappa shape index (κ1) is 22.9. The lowest BCUT2D eigenvalue weighted by atomic mass is 10.1. The minimum Gasteiger partial charge on any atom is -0.334 e. The van der Waals surface area contributed by atoms with Gasteiger partial charge in [-0.2, -0.15) is 10.1 Å². The summed E-state index contributed by atoms with van der Waals surface area (Å²) in [6.45, 7) is 8.32. The van der Waals surface area contributed by atoms with Gasteiger partial charge in [-0.3, -0.25) is 9.48 Å². The first-order valence-electron chi connectivity index (χ1n) is 11.3. The van der Waals surface area contributed by atoms with Crippen LogP contribution in [0.2, 0.25) is 0 Å². The molecule has 0 aliphatic heterocycles. The lowest BCUT2D eigenvalue weighted by Gasteiger charge is -2.11. The molecule has 0 saturated heterocycles. The number of para-hydroxylation sites is 1. The van der Waals surface area contributed by atoms with Crippen LogP contribution >= 0.6 is 11.3 Å². The number of carbonyl (C=O) groups excluding carboxylic acids is 1. The second-order valence-electron chi connectivity index (χ2n) is 8.76. The van der Waals surface area contributed by atoms with Crippen molar-refractivity contribution >= 4 is 33.1 Å². The van der Waals surface area contributed by atoms with Gasteiger partial charge >= 0.3 is 0 Å².